The number of esters is 1. The van der Waals surface area contributed by atoms with Crippen molar-refractivity contribution in [2.45, 2.75) is 26.4 Å². The van der Waals surface area contributed by atoms with E-state index in [1.807, 2.05) is 0 Å². The monoisotopic (exact) mass is 173 g/mol. The van der Waals surface area contributed by atoms with Crippen LogP contribution in [0.5, 0.6) is 0 Å². The predicted molar refractivity (Wildman–Crippen MR) is 45.7 cm³/mol. The van der Waals surface area contributed by atoms with Gasteiger partial charge in [0.05, 0.1) is 5.16 Å². The molecule has 0 aliphatic rings. The number of nitrogens with zero attached hydrogens (tertiary/aromatic N) is 1. The summed E-state index contributed by atoms with van der Waals surface area (Å²) in [5.74, 6) is -0.380. The molecule has 0 aliphatic carbocycles. The Bertz CT molecular complexity index is 189. The molecule has 0 rings (SSSR count). The van der Waals surface area contributed by atoms with Gasteiger partial charge in [-0.25, -0.2) is 9.79 Å². The lowest BCUT2D eigenvalue weighted by Crippen LogP contribution is -2.25. The van der Waals surface area contributed by atoms with E-state index >= 15 is 0 Å². The smallest absolute Gasteiger partial charge is 0.329 e. The van der Waals surface area contributed by atoms with Crippen molar-refractivity contribution in [3.8, 4) is 0 Å². The highest BCUT2D eigenvalue weighted by Crippen LogP contribution is 2.06. The first kappa shape index (κ1) is 10.3. The molecule has 0 fully saturated rings. The normalized spacial score (nSPS) is 10.1. The Hall–Kier alpha value is -0.730. The first-order valence-electron chi connectivity index (χ1n) is 3.21. The number of rotatable bonds is 2. The molecule has 0 unspecified atom stereocenters. The Morgan fingerprint density at radius 1 is 1.64 bits per heavy atom. The van der Waals surface area contributed by atoms with E-state index < -0.39 is 5.60 Å². The highest BCUT2D eigenvalue weighted by Gasteiger charge is 2.14. The number of isothiocyanates is 1. The van der Waals surface area contributed by atoms with E-state index in [1.165, 1.54) is 0 Å². The van der Waals surface area contributed by atoms with E-state index in [9.17, 15) is 4.79 Å². The zero-order valence-electron chi connectivity index (χ0n) is 6.88. The molecule has 11 heavy (non-hydrogen) atoms. The molecule has 0 aromatic rings. The minimum Gasteiger partial charge on any atom is -0.459 e. The molecule has 0 heterocycles. The Labute approximate surface area is 71.5 Å². The minimum atomic E-state index is -0.450. The maximum absolute atomic E-state index is 10.8. The van der Waals surface area contributed by atoms with Gasteiger partial charge in [0.25, 0.3) is 0 Å². The fourth-order valence-electron chi connectivity index (χ4n) is 0.471. The van der Waals surface area contributed by atoms with Gasteiger partial charge in [0.2, 0.25) is 0 Å². The van der Waals surface area contributed by atoms with Gasteiger partial charge < -0.3 is 4.74 Å². The van der Waals surface area contributed by atoms with Gasteiger partial charge in [-0.05, 0) is 33.0 Å². The minimum absolute atomic E-state index is 0.0409. The van der Waals surface area contributed by atoms with Gasteiger partial charge >= 0.3 is 5.97 Å². The molecule has 62 valence electrons. The van der Waals surface area contributed by atoms with Gasteiger partial charge in [-0.1, -0.05) is 0 Å². The van der Waals surface area contributed by atoms with Crippen LogP contribution in [0.25, 0.3) is 0 Å². The fraction of sp³-hybridized carbons (Fsp3) is 0.714. The first-order valence-corrected chi connectivity index (χ1v) is 3.62. The second kappa shape index (κ2) is 4.21. The van der Waals surface area contributed by atoms with Crippen LogP contribution in [0.4, 0.5) is 0 Å². The molecule has 0 saturated carbocycles. The Morgan fingerprint density at radius 3 is 2.55 bits per heavy atom. The lowest BCUT2D eigenvalue weighted by molar-refractivity contribution is -0.152. The van der Waals surface area contributed by atoms with Crippen molar-refractivity contribution in [2.24, 2.45) is 4.99 Å². The van der Waals surface area contributed by atoms with Crippen LogP contribution in [-0.2, 0) is 9.53 Å². The lowest BCUT2D eigenvalue weighted by Gasteiger charge is -2.18. The van der Waals surface area contributed by atoms with Crippen molar-refractivity contribution in [2.75, 3.05) is 6.54 Å². The molecule has 3 nitrogen and oxygen atoms in total. The van der Waals surface area contributed by atoms with Crippen molar-refractivity contribution in [3.63, 3.8) is 0 Å². The molecule has 0 radical (unpaired) electrons. The summed E-state index contributed by atoms with van der Waals surface area (Å²) >= 11 is 4.29. The van der Waals surface area contributed by atoms with Crippen LogP contribution < -0.4 is 0 Å². The molecule has 0 atom stereocenters. The molecule has 0 aromatic heterocycles. The van der Waals surface area contributed by atoms with Gasteiger partial charge in [0.1, 0.15) is 12.1 Å². The van der Waals surface area contributed by atoms with Gasteiger partial charge in [-0.15, -0.1) is 0 Å². The number of aliphatic imine (C=N–C) groups is 1. The number of hydrogen-bond donors (Lipinski definition) is 0. The number of carbonyl (C=O) groups excluding carboxylic acids is 1. The molecule has 0 spiro atoms. The number of carbonyl (C=O) groups is 1. The number of thiocarbonyl (C=S) groups is 1. The van der Waals surface area contributed by atoms with E-state index in [-0.39, 0.29) is 12.5 Å². The Kier molecular flexibility index (Phi) is 3.93. The van der Waals surface area contributed by atoms with Crippen LogP contribution in [-0.4, -0.2) is 23.3 Å². The maximum atomic E-state index is 10.8. The van der Waals surface area contributed by atoms with Crippen LogP contribution >= 0.6 is 12.2 Å². The lowest BCUT2D eigenvalue weighted by atomic mass is 10.2. The molecule has 0 saturated heterocycles. The maximum Gasteiger partial charge on any atom is 0.329 e. The van der Waals surface area contributed by atoms with Gasteiger partial charge in [-0.3, -0.25) is 0 Å². The molecular formula is C7H11NO2S. The largest absolute Gasteiger partial charge is 0.459 e. The molecule has 0 amide bonds. The zero-order valence-corrected chi connectivity index (χ0v) is 7.70. The zero-order chi connectivity index (χ0) is 8.91. The van der Waals surface area contributed by atoms with E-state index in [0.29, 0.717) is 0 Å². The second-order valence-corrected chi connectivity index (χ2v) is 3.18. The van der Waals surface area contributed by atoms with Crippen LogP contribution in [0.1, 0.15) is 20.8 Å². The van der Waals surface area contributed by atoms with Crippen LogP contribution in [0.2, 0.25) is 0 Å². The highest BCUT2D eigenvalue weighted by molar-refractivity contribution is 7.78. The summed E-state index contributed by atoms with van der Waals surface area (Å²) in [6.45, 7) is 5.35. The summed E-state index contributed by atoms with van der Waals surface area (Å²) in [7, 11) is 0. The third kappa shape index (κ3) is 7.16. The molecule has 0 bridgehead atoms. The van der Waals surface area contributed by atoms with Crippen LogP contribution in [0.15, 0.2) is 4.99 Å². The van der Waals surface area contributed by atoms with Crippen molar-refractivity contribution in [1.82, 2.24) is 0 Å². The van der Waals surface area contributed by atoms with Gasteiger partial charge in [-0.2, -0.15) is 0 Å². The number of hydrogen-bond acceptors (Lipinski definition) is 4. The van der Waals surface area contributed by atoms with Crippen molar-refractivity contribution < 1.29 is 9.53 Å². The SMILES string of the molecule is CC(C)(C)OC(=O)CN=C=S. The summed E-state index contributed by atoms with van der Waals surface area (Å²) in [5, 5.41) is 2.09. The summed E-state index contributed by atoms with van der Waals surface area (Å²) < 4.78 is 4.92. The molecule has 0 aliphatic heterocycles. The standard InChI is InChI=1S/C7H11NO2S/c1-7(2,3)10-6(9)4-8-5-11/h4H2,1-3H3. The Balaban J connectivity index is 3.79. The van der Waals surface area contributed by atoms with Crippen LogP contribution in [0.3, 0.4) is 0 Å². The molecule has 0 N–H and O–H groups in total. The summed E-state index contributed by atoms with van der Waals surface area (Å²) in [6, 6.07) is 0. The van der Waals surface area contributed by atoms with E-state index in [2.05, 4.69) is 22.4 Å². The van der Waals surface area contributed by atoms with Crippen molar-refractivity contribution in [3.05, 3.63) is 0 Å². The van der Waals surface area contributed by atoms with Gasteiger partial charge in [0, 0.05) is 0 Å². The molecule has 4 heteroatoms. The van der Waals surface area contributed by atoms with Gasteiger partial charge in [0.15, 0.2) is 0 Å². The summed E-state index contributed by atoms with van der Waals surface area (Å²) in [4.78, 5) is 14.3. The third-order valence-corrected chi connectivity index (χ3v) is 0.822. The van der Waals surface area contributed by atoms with E-state index in [4.69, 9.17) is 4.74 Å². The molecular weight excluding hydrogens is 162 g/mol. The van der Waals surface area contributed by atoms with Crippen LogP contribution in [0, 0.1) is 0 Å². The fourth-order valence-corrected chi connectivity index (χ4v) is 0.535. The van der Waals surface area contributed by atoms with Crippen molar-refractivity contribution in [1.29, 1.82) is 0 Å². The quantitative estimate of drug-likeness (QED) is 0.360. The van der Waals surface area contributed by atoms with E-state index in [0.717, 1.165) is 0 Å². The average molecular weight is 173 g/mol. The summed E-state index contributed by atoms with van der Waals surface area (Å²) in [6.07, 6.45) is 0. The first-order chi connectivity index (χ1) is 4.95. The predicted octanol–water partition coefficient (Wildman–Crippen LogP) is 1.43. The average Bonchev–Trinajstić information content (AvgIpc) is 1.79. The van der Waals surface area contributed by atoms with E-state index in [1.54, 1.807) is 20.8 Å². The highest BCUT2D eigenvalue weighted by atomic mass is 32.1. The van der Waals surface area contributed by atoms with Crippen molar-refractivity contribution >= 4 is 23.3 Å². The molecule has 0 aromatic carbocycles. The topological polar surface area (TPSA) is 38.7 Å². The Morgan fingerprint density at radius 2 is 2.18 bits per heavy atom. The number of ether oxygens (including phenoxy) is 1. The second-order valence-electron chi connectivity index (χ2n) is 2.99. The third-order valence-electron chi connectivity index (χ3n) is 0.693. The summed E-state index contributed by atoms with van der Waals surface area (Å²) in [5.41, 5.74) is -0.450.